The Morgan fingerprint density at radius 2 is 0.984 bits per heavy atom. The molecule has 5 rings (SSSR count). The van der Waals surface area contributed by atoms with Gasteiger partial charge in [-0.2, -0.15) is 0 Å². The highest BCUT2D eigenvalue weighted by Gasteiger charge is 2.58. The fourth-order valence-corrected chi connectivity index (χ4v) is 7.87. The van der Waals surface area contributed by atoms with Gasteiger partial charge in [-0.05, 0) is 27.2 Å². The molecule has 1 amide bonds. The lowest BCUT2D eigenvalue weighted by molar-refractivity contribution is -0.405. The molecule has 0 unspecified atom stereocenters. The maximum atomic E-state index is 12.8. The smallest absolute Gasteiger partial charge is 0.303 e. The van der Waals surface area contributed by atoms with Crippen LogP contribution in [0.2, 0.25) is 0 Å². The van der Waals surface area contributed by atoms with Gasteiger partial charge < -0.3 is 114 Å². The van der Waals surface area contributed by atoms with Crippen molar-refractivity contribution in [1.82, 2.24) is 5.32 Å². The highest BCUT2D eigenvalue weighted by Crippen LogP contribution is 2.37. The van der Waals surface area contributed by atoms with Crippen LogP contribution in [0.5, 0.6) is 0 Å². The van der Waals surface area contributed by atoms with E-state index in [0.717, 1.165) is 13.8 Å². The lowest BCUT2D eigenvalue weighted by atomic mass is 9.94. The summed E-state index contributed by atoms with van der Waals surface area (Å²) >= 11 is 0. The van der Waals surface area contributed by atoms with E-state index in [1.807, 2.05) is 0 Å². The Balaban J connectivity index is 1.57. The molecule has 12 N–H and O–H groups in total. The van der Waals surface area contributed by atoms with Crippen LogP contribution in [0.4, 0.5) is 0 Å². The number of amides is 1. The summed E-state index contributed by atoms with van der Waals surface area (Å²) in [6, 6.07) is -1.65. The van der Waals surface area contributed by atoms with Gasteiger partial charge in [0.05, 0.1) is 31.5 Å². The van der Waals surface area contributed by atoms with Crippen molar-refractivity contribution in [2.75, 3.05) is 19.8 Å². The third-order valence-electron chi connectivity index (χ3n) is 11.4. The number of aliphatic hydroxyl groups is 11. The Morgan fingerprint density at radius 1 is 0.500 bits per heavy atom. The van der Waals surface area contributed by atoms with E-state index in [2.05, 4.69) is 5.32 Å². The van der Waals surface area contributed by atoms with E-state index in [9.17, 15) is 65.8 Å². The van der Waals surface area contributed by atoms with Crippen molar-refractivity contribution in [3.8, 4) is 0 Å². The lowest BCUT2D eigenvalue weighted by Crippen LogP contribution is -2.70. The van der Waals surface area contributed by atoms with Gasteiger partial charge in [0.15, 0.2) is 37.6 Å². The first-order valence-electron chi connectivity index (χ1n) is 20.5. The van der Waals surface area contributed by atoms with E-state index in [-0.39, 0.29) is 6.61 Å². The molecule has 62 heavy (non-hydrogen) atoms. The predicted octanol–water partition coefficient (Wildman–Crippen LogP) is -6.69. The molecule has 25 nitrogen and oxygen atoms in total. The van der Waals surface area contributed by atoms with Crippen LogP contribution in [0.15, 0.2) is 0 Å². The van der Waals surface area contributed by atoms with Crippen LogP contribution in [-0.4, -0.2) is 241 Å². The van der Waals surface area contributed by atoms with Gasteiger partial charge in [0.25, 0.3) is 0 Å². The Morgan fingerprint density at radius 3 is 1.55 bits per heavy atom. The van der Waals surface area contributed by atoms with Gasteiger partial charge in [0, 0.05) is 20.5 Å². The number of aliphatic hydroxyl groups excluding tert-OH is 11. The summed E-state index contributed by atoms with van der Waals surface area (Å²) in [5.41, 5.74) is 0. The van der Waals surface area contributed by atoms with Crippen molar-refractivity contribution in [1.29, 1.82) is 0 Å². The summed E-state index contributed by atoms with van der Waals surface area (Å²) in [5.74, 6) is -1.68. The van der Waals surface area contributed by atoms with Crippen LogP contribution in [0.3, 0.4) is 0 Å². The third kappa shape index (κ3) is 11.2. The molecular formula is C37H63NO24. The number of hydrogen-bond acceptors (Lipinski definition) is 24. The summed E-state index contributed by atoms with van der Waals surface area (Å²) in [5, 5.41) is 122. The van der Waals surface area contributed by atoms with Crippen LogP contribution in [0, 0.1) is 0 Å². The van der Waals surface area contributed by atoms with E-state index >= 15 is 0 Å². The molecule has 0 aliphatic carbocycles. The minimum atomic E-state index is -2.00. The molecule has 0 aromatic heterocycles. The Kier molecular flexibility index (Phi) is 18.2. The van der Waals surface area contributed by atoms with Crippen molar-refractivity contribution < 1.29 is 118 Å². The second-order valence-electron chi connectivity index (χ2n) is 16.1. The largest absolute Gasteiger partial charge is 0.454 e. The zero-order valence-electron chi connectivity index (χ0n) is 35.0. The topological polar surface area (TPSA) is 370 Å². The average molecular weight is 906 g/mol. The molecule has 5 aliphatic rings. The average Bonchev–Trinajstić information content (AvgIpc) is 3.22. The van der Waals surface area contributed by atoms with Gasteiger partial charge in [-0.15, -0.1) is 0 Å². The molecule has 0 spiro atoms. The van der Waals surface area contributed by atoms with Crippen molar-refractivity contribution in [2.24, 2.45) is 0 Å². The highest BCUT2D eigenvalue weighted by molar-refractivity contribution is 5.73. The van der Waals surface area contributed by atoms with Crippen LogP contribution < -0.4 is 5.32 Å². The van der Waals surface area contributed by atoms with E-state index in [1.165, 1.54) is 20.8 Å². The first-order chi connectivity index (χ1) is 29.2. The van der Waals surface area contributed by atoms with Crippen molar-refractivity contribution in [3.63, 3.8) is 0 Å². The third-order valence-corrected chi connectivity index (χ3v) is 11.4. The van der Waals surface area contributed by atoms with Gasteiger partial charge in [-0.3, -0.25) is 9.59 Å². The summed E-state index contributed by atoms with van der Waals surface area (Å²) in [6.45, 7) is 6.49. The van der Waals surface area contributed by atoms with E-state index in [4.69, 9.17) is 52.1 Å². The number of hydrogen-bond donors (Lipinski definition) is 12. The fraction of sp³-hybridized carbons (Fsp3) is 0.946. The monoisotopic (exact) mass is 905 g/mol. The predicted molar refractivity (Wildman–Crippen MR) is 197 cm³/mol. The summed E-state index contributed by atoms with van der Waals surface area (Å²) < 4.78 is 65.1. The normalized spacial score (nSPS) is 49.0. The van der Waals surface area contributed by atoms with Crippen molar-refractivity contribution in [2.45, 2.75) is 201 Å². The fourth-order valence-electron chi connectivity index (χ4n) is 7.87. The van der Waals surface area contributed by atoms with Crippen LogP contribution in [0.25, 0.3) is 0 Å². The number of rotatable bonds is 15. The van der Waals surface area contributed by atoms with Gasteiger partial charge in [-0.1, -0.05) is 6.92 Å². The number of nitrogens with one attached hydrogen (secondary N) is 1. The first kappa shape index (κ1) is 51.1. The Bertz CT molecular complexity index is 1430. The van der Waals surface area contributed by atoms with E-state index in [1.54, 1.807) is 6.92 Å². The zero-order valence-corrected chi connectivity index (χ0v) is 35.0. The number of ether oxygens (including phenoxy) is 11. The number of esters is 1. The minimum Gasteiger partial charge on any atom is -0.454 e. The molecule has 5 heterocycles. The number of carbonyl (C=O) groups is 2. The van der Waals surface area contributed by atoms with Crippen molar-refractivity contribution >= 4 is 11.9 Å². The summed E-state index contributed by atoms with van der Waals surface area (Å²) in [4.78, 5) is 24.9. The quantitative estimate of drug-likeness (QED) is 0.0680. The molecule has 0 bridgehead atoms. The second kappa shape index (κ2) is 22.1. The lowest BCUT2D eigenvalue weighted by Gasteiger charge is -2.51. The van der Waals surface area contributed by atoms with E-state index in [0.29, 0.717) is 6.42 Å². The Labute approximate surface area is 356 Å². The Hall–Kier alpha value is -1.90. The number of carbonyl (C=O) groups excluding carboxylic acids is 2. The molecule has 0 aromatic carbocycles. The molecule has 0 aromatic rings. The van der Waals surface area contributed by atoms with Gasteiger partial charge in [-0.25, -0.2) is 0 Å². The van der Waals surface area contributed by atoms with Crippen LogP contribution >= 0.6 is 0 Å². The van der Waals surface area contributed by atoms with Gasteiger partial charge in [0.1, 0.15) is 97.6 Å². The molecule has 25 atom stereocenters. The molecular weight excluding hydrogens is 842 g/mol. The molecule has 5 fully saturated rings. The van der Waals surface area contributed by atoms with Gasteiger partial charge in [0.2, 0.25) is 5.91 Å². The molecule has 360 valence electrons. The van der Waals surface area contributed by atoms with Crippen LogP contribution in [0.1, 0.15) is 48.0 Å². The zero-order chi connectivity index (χ0) is 45.9. The second-order valence-corrected chi connectivity index (χ2v) is 16.1. The first-order valence-corrected chi connectivity index (χ1v) is 20.5. The maximum Gasteiger partial charge on any atom is 0.303 e. The molecule has 0 radical (unpaired) electrons. The van der Waals surface area contributed by atoms with Gasteiger partial charge >= 0.3 is 5.97 Å². The van der Waals surface area contributed by atoms with Crippen LogP contribution in [-0.2, 0) is 61.7 Å². The van der Waals surface area contributed by atoms with Crippen molar-refractivity contribution in [3.05, 3.63) is 0 Å². The summed E-state index contributed by atoms with van der Waals surface area (Å²) in [7, 11) is 0. The molecule has 25 heteroatoms. The molecule has 5 aliphatic heterocycles. The SMILES string of the molecule is CCCO[C@@H]1O[C@@H](C)[C@H](O)[C@@H](O)[C@H]1O[C@@H]1O[C@@H](C)[C@H](O)[C@@H](O[C@@H]2O[C@H](CO)[C@@H](O)[C@H](O)[C@H]2O)[C@H]1O[C@@H]1O[C@H](CO)[C@@H](O)[C@H](O[C@@H]2O[C@@H](C)[C@H](O)[C@@H](O)[C@H]2OC(C)=O)[C@H]1NC(C)=O. The standard InChI is InChI=1S/C37H63NO24/c1-7-8-52-35-30(25(49)19(43)11(2)53-35)61-37-32(29(21(45)13(4)55-37)60-34-27(51)24(48)22(46)16(9-39)58-34)62-33-18(38-14(5)41)28(23(47)17(10-40)57-33)59-36-31(56-15(6)42)26(50)20(44)12(3)54-36/h11-13,16-37,39-40,43-51H,7-10H2,1-6H3,(H,38,41)/t11-,12-,13-,16+,17+,18+,19-,20-,21-,22+,23+,24-,25+,26+,27+,28+,29+,30+,31+,32+,33-,34-,35+,36-,37-/m0/s1. The highest BCUT2D eigenvalue weighted by atomic mass is 16.8. The van der Waals surface area contributed by atoms with E-state index < -0.39 is 179 Å². The minimum absolute atomic E-state index is 0.113. The molecule has 0 saturated carbocycles. The summed E-state index contributed by atoms with van der Waals surface area (Å²) in [6.07, 6.45) is -39.1. The maximum absolute atomic E-state index is 12.8. The molecule has 5 saturated heterocycles.